The summed E-state index contributed by atoms with van der Waals surface area (Å²) in [5.41, 5.74) is 5.10. The van der Waals surface area contributed by atoms with Crippen LogP contribution < -0.4 is 0 Å². The van der Waals surface area contributed by atoms with Gasteiger partial charge in [0, 0.05) is 43.2 Å². The van der Waals surface area contributed by atoms with Gasteiger partial charge < -0.3 is 9.80 Å². The molecule has 2 aromatic rings. The zero-order chi connectivity index (χ0) is 25.4. The smallest absolute Gasteiger partial charge is 0.253 e. The Morgan fingerprint density at radius 2 is 1.31 bits per heavy atom. The summed E-state index contributed by atoms with van der Waals surface area (Å²) in [6.07, 6.45) is 4.20. The van der Waals surface area contributed by atoms with Crippen molar-refractivity contribution in [1.29, 1.82) is 0 Å². The van der Waals surface area contributed by atoms with Crippen LogP contribution >= 0.6 is 0 Å². The monoisotopic (exact) mass is 474 g/mol. The quantitative estimate of drug-likeness (QED) is 0.507. The van der Waals surface area contributed by atoms with E-state index >= 15 is 0 Å². The molecular weight excluding hydrogens is 432 g/mol. The summed E-state index contributed by atoms with van der Waals surface area (Å²) >= 11 is 0. The van der Waals surface area contributed by atoms with E-state index in [4.69, 9.17) is 0 Å². The third-order valence-electron chi connectivity index (χ3n) is 7.62. The summed E-state index contributed by atoms with van der Waals surface area (Å²) in [7, 11) is 0. The average Bonchev–Trinajstić information content (AvgIpc) is 3.37. The van der Waals surface area contributed by atoms with Crippen molar-refractivity contribution >= 4 is 11.8 Å². The normalized spacial score (nSPS) is 19.2. The fourth-order valence-corrected chi connectivity index (χ4v) is 5.28. The van der Waals surface area contributed by atoms with Gasteiger partial charge in [-0.05, 0) is 77.5 Å². The van der Waals surface area contributed by atoms with Gasteiger partial charge in [0.1, 0.15) is 0 Å². The lowest BCUT2D eigenvalue weighted by Gasteiger charge is -2.34. The van der Waals surface area contributed by atoms with Gasteiger partial charge >= 0.3 is 0 Å². The molecule has 0 bridgehead atoms. The Bertz CT molecular complexity index is 1080. The van der Waals surface area contributed by atoms with Crippen molar-refractivity contribution in [2.24, 2.45) is 0 Å². The first-order chi connectivity index (χ1) is 16.4. The van der Waals surface area contributed by atoms with Gasteiger partial charge in [-0.15, -0.1) is 0 Å². The molecular formula is C31H42N2O2. The average molecular weight is 475 g/mol. The van der Waals surface area contributed by atoms with Gasteiger partial charge in [-0.2, -0.15) is 0 Å². The Hall–Kier alpha value is -2.62. The van der Waals surface area contributed by atoms with E-state index in [1.807, 2.05) is 21.9 Å². The molecule has 4 heteroatoms. The number of piperidine rings is 1. The van der Waals surface area contributed by atoms with Gasteiger partial charge in [0.25, 0.3) is 11.8 Å². The molecule has 0 radical (unpaired) electrons. The van der Waals surface area contributed by atoms with E-state index in [0.717, 1.165) is 56.4 Å². The third-order valence-corrected chi connectivity index (χ3v) is 7.62. The molecule has 0 spiro atoms. The molecule has 1 unspecified atom stereocenters. The molecule has 0 aliphatic carbocycles. The maximum atomic E-state index is 13.5. The van der Waals surface area contributed by atoms with Crippen LogP contribution in [-0.4, -0.2) is 47.8 Å². The fourth-order valence-electron chi connectivity index (χ4n) is 5.28. The molecule has 2 fully saturated rings. The summed E-state index contributed by atoms with van der Waals surface area (Å²) in [4.78, 5) is 30.8. The number of rotatable bonds is 3. The molecule has 2 amide bonds. The van der Waals surface area contributed by atoms with E-state index in [0.29, 0.717) is 6.54 Å². The van der Waals surface area contributed by atoms with Crippen LogP contribution in [0, 0.1) is 0 Å². The lowest BCUT2D eigenvalue weighted by molar-refractivity contribution is 0.0705. The molecule has 2 aliphatic heterocycles. The fraction of sp³-hybridized carbons (Fsp3) is 0.548. The summed E-state index contributed by atoms with van der Waals surface area (Å²) < 4.78 is 0. The Morgan fingerprint density at radius 1 is 0.714 bits per heavy atom. The number of hydrogen-bond acceptors (Lipinski definition) is 2. The van der Waals surface area contributed by atoms with E-state index < -0.39 is 0 Å². The minimum atomic E-state index is -0.0480. The van der Waals surface area contributed by atoms with Crippen LogP contribution in [0.5, 0.6) is 0 Å². The van der Waals surface area contributed by atoms with Crippen molar-refractivity contribution in [3.63, 3.8) is 0 Å². The lowest BCUT2D eigenvalue weighted by atomic mass is 9.81. The maximum absolute atomic E-state index is 13.5. The SMILES string of the molecule is CC(C)(C)c1cccc(C(=O)N2CCCC(c3cc(C(=O)N4CCCC4)cc(C(C)(C)C)c3)C2)c1. The van der Waals surface area contributed by atoms with Crippen molar-refractivity contribution in [1.82, 2.24) is 9.80 Å². The van der Waals surface area contributed by atoms with Crippen LogP contribution in [0.1, 0.15) is 111 Å². The van der Waals surface area contributed by atoms with E-state index in [1.54, 1.807) is 0 Å². The molecule has 2 heterocycles. The number of benzene rings is 2. The zero-order valence-corrected chi connectivity index (χ0v) is 22.5. The van der Waals surface area contributed by atoms with E-state index in [1.165, 1.54) is 16.7 Å². The molecule has 35 heavy (non-hydrogen) atoms. The Balaban J connectivity index is 1.60. The highest BCUT2D eigenvalue weighted by Gasteiger charge is 2.29. The topological polar surface area (TPSA) is 40.6 Å². The van der Waals surface area contributed by atoms with Crippen LogP contribution in [-0.2, 0) is 10.8 Å². The van der Waals surface area contributed by atoms with Crippen molar-refractivity contribution in [3.05, 3.63) is 70.3 Å². The van der Waals surface area contributed by atoms with Gasteiger partial charge in [-0.3, -0.25) is 9.59 Å². The Morgan fingerprint density at radius 3 is 1.97 bits per heavy atom. The first-order valence-electron chi connectivity index (χ1n) is 13.3. The zero-order valence-electron chi connectivity index (χ0n) is 22.5. The largest absolute Gasteiger partial charge is 0.339 e. The third kappa shape index (κ3) is 5.79. The molecule has 4 rings (SSSR count). The second-order valence-corrected chi connectivity index (χ2v) is 12.5. The molecule has 0 saturated carbocycles. The van der Waals surface area contributed by atoms with Crippen LogP contribution in [0.2, 0.25) is 0 Å². The molecule has 4 nitrogen and oxygen atoms in total. The number of carbonyl (C=O) groups is 2. The highest BCUT2D eigenvalue weighted by molar-refractivity contribution is 5.95. The molecule has 2 aliphatic rings. The minimum Gasteiger partial charge on any atom is -0.339 e. The summed E-state index contributed by atoms with van der Waals surface area (Å²) in [6, 6.07) is 14.6. The summed E-state index contributed by atoms with van der Waals surface area (Å²) in [5, 5.41) is 0. The highest BCUT2D eigenvalue weighted by atomic mass is 16.2. The van der Waals surface area contributed by atoms with Gasteiger partial charge in [0.05, 0.1) is 0 Å². The lowest BCUT2D eigenvalue weighted by Crippen LogP contribution is -2.39. The molecule has 2 saturated heterocycles. The predicted molar refractivity (Wildman–Crippen MR) is 143 cm³/mol. The molecule has 2 aromatic carbocycles. The Labute approximate surface area is 211 Å². The second kappa shape index (κ2) is 9.79. The van der Waals surface area contributed by atoms with Crippen molar-refractivity contribution in [3.8, 4) is 0 Å². The number of likely N-dealkylation sites (tertiary alicyclic amines) is 2. The van der Waals surface area contributed by atoms with Gasteiger partial charge in [-0.25, -0.2) is 0 Å². The number of amides is 2. The molecule has 188 valence electrons. The van der Waals surface area contributed by atoms with Crippen LogP contribution in [0.3, 0.4) is 0 Å². The van der Waals surface area contributed by atoms with Gasteiger partial charge in [0.15, 0.2) is 0 Å². The van der Waals surface area contributed by atoms with Crippen LogP contribution in [0.15, 0.2) is 42.5 Å². The first kappa shape index (κ1) is 25.5. The van der Waals surface area contributed by atoms with Gasteiger partial charge in [0.2, 0.25) is 0 Å². The first-order valence-corrected chi connectivity index (χ1v) is 13.3. The van der Waals surface area contributed by atoms with Crippen molar-refractivity contribution in [2.45, 2.75) is 84.0 Å². The second-order valence-electron chi connectivity index (χ2n) is 12.5. The predicted octanol–water partition coefficient (Wildman–Crippen LogP) is 6.54. The number of carbonyl (C=O) groups excluding carboxylic acids is 2. The van der Waals surface area contributed by atoms with E-state index in [9.17, 15) is 9.59 Å². The van der Waals surface area contributed by atoms with E-state index in [-0.39, 0.29) is 28.6 Å². The highest BCUT2D eigenvalue weighted by Crippen LogP contribution is 2.33. The molecule has 0 aromatic heterocycles. The molecule has 1 atom stereocenters. The van der Waals surface area contributed by atoms with E-state index in [2.05, 4.69) is 71.9 Å². The summed E-state index contributed by atoms with van der Waals surface area (Å²) in [5.74, 6) is 0.504. The standard InChI is InChI=1S/C31H42N2O2/c1-30(2,3)26-13-9-11-22(18-26)28(34)33-16-10-12-23(21-33)24-17-25(20-27(19-24)31(4,5)6)29(35)32-14-7-8-15-32/h9,11,13,17-20,23H,7-8,10,12,14-16,21H2,1-6H3. The molecule has 0 N–H and O–H groups in total. The van der Waals surface area contributed by atoms with Crippen molar-refractivity contribution in [2.75, 3.05) is 26.2 Å². The minimum absolute atomic E-state index is 0.00635. The number of nitrogens with zero attached hydrogens (tertiary/aromatic N) is 2. The summed E-state index contributed by atoms with van der Waals surface area (Å²) in [6.45, 7) is 16.3. The van der Waals surface area contributed by atoms with Crippen molar-refractivity contribution < 1.29 is 9.59 Å². The number of hydrogen-bond donors (Lipinski definition) is 0. The van der Waals surface area contributed by atoms with Crippen LogP contribution in [0.4, 0.5) is 0 Å². The van der Waals surface area contributed by atoms with Gasteiger partial charge in [-0.1, -0.05) is 59.7 Å². The maximum Gasteiger partial charge on any atom is 0.253 e. The van der Waals surface area contributed by atoms with Crippen LogP contribution in [0.25, 0.3) is 0 Å². The Kier molecular flexibility index (Phi) is 7.13.